The molecule has 0 aliphatic carbocycles. The summed E-state index contributed by atoms with van der Waals surface area (Å²) < 4.78 is 29.3. The summed E-state index contributed by atoms with van der Waals surface area (Å²) in [5.74, 6) is -0.522. The maximum atomic E-state index is 13.7. The maximum absolute atomic E-state index is 13.7. The van der Waals surface area contributed by atoms with E-state index in [0.717, 1.165) is 32.1 Å². The number of nitrogens with zero attached hydrogens (tertiary/aromatic N) is 1. The zero-order valence-electron chi connectivity index (χ0n) is 28.1. The molecule has 3 aromatic rings. The van der Waals surface area contributed by atoms with Crippen molar-refractivity contribution in [1.82, 2.24) is 4.57 Å². The summed E-state index contributed by atoms with van der Waals surface area (Å²) in [6, 6.07) is 7.82. The quantitative estimate of drug-likeness (QED) is 0.0953. The lowest BCUT2D eigenvalue weighted by Crippen LogP contribution is -2.60. The Morgan fingerprint density at radius 2 is 1.63 bits per heavy atom. The smallest absolute Gasteiger partial charge is 0.297 e. The number of phenolic OH excluding ortho intramolecular Hbond substituents is 1. The average Bonchev–Trinajstić information content (AvgIpc) is 3.10. The summed E-state index contributed by atoms with van der Waals surface area (Å²) in [5, 5.41) is 54.2. The number of aliphatic hydroxyl groups is 4. The fraction of sp³-hybridized carbons (Fsp3) is 0.486. The summed E-state index contributed by atoms with van der Waals surface area (Å²) in [5.41, 5.74) is 0.659. The SMILES string of the molecule is CCCCCCCCOc1c(O[C@@H]2O[C@H](CO)[C@@H](O)[C@H](O)[C@@H]2O)c2ccc(NC(=O)/C=C/c3cc(OC)c(O)c(OC)c3)cc2n(C)c1=O. The van der Waals surface area contributed by atoms with Crippen molar-refractivity contribution in [2.24, 2.45) is 7.05 Å². The van der Waals surface area contributed by atoms with E-state index < -0.39 is 48.8 Å². The number of aliphatic hydroxyl groups excluding tert-OH is 4. The van der Waals surface area contributed by atoms with Crippen LogP contribution in [0.2, 0.25) is 0 Å². The highest BCUT2D eigenvalue weighted by atomic mass is 16.7. The number of ether oxygens (including phenoxy) is 5. The molecule has 2 heterocycles. The number of fused-ring (bicyclic) bond motifs is 1. The Bertz CT molecular complexity index is 1650. The van der Waals surface area contributed by atoms with Gasteiger partial charge in [-0.25, -0.2) is 0 Å². The van der Waals surface area contributed by atoms with Gasteiger partial charge >= 0.3 is 0 Å². The van der Waals surface area contributed by atoms with Gasteiger partial charge in [0.15, 0.2) is 17.2 Å². The third-order valence-electron chi connectivity index (χ3n) is 8.33. The fourth-order valence-corrected chi connectivity index (χ4v) is 5.51. The molecule has 1 fully saturated rings. The lowest BCUT2D eigenvalue weighted by Gasteiger charge is -2.39. The molecule has 1 saturated heterocycles. The number of carbonyl (C=O) groups is 1. The number of rotatable bonds is 16. The largest absolute Gasteiger partial charge is 0.502 e. The monoisotopic (exact) mass is 686 g/mol. The van der Waals surface area contributed by atoms with Crippen LogP contribution in [-0.4, -0.2) is 94.1 Å². The zero-order valence-corrected chi connectivity index (χ0v) is 28.1. The van der Waals surface area contributed by atoms with Crippen LogP contribution in [0.4, 0.5) is 5.69 Å². The summed E-state index contributed by atoms with van der Waals surface area (Å²) in [6.07, 6.45) is 0.976. The van der Waals surface area contributed by atoms with E-state index in [0.29, 0.717) is 28.6 Å². The number of methoxy groups -OCH3 is 2. The van der Waals surface area contributed by atoms with Crippen LogP contribution in [0.5, 0.6) is 28.7 Å². The topological polar surface area (TPSA) is 198 Å². The molecule has 0 spiro atoms. The van der Waals surface area contributed by atoms with Gasteiger partial charge in [-0.3, -0.25) is 9.59 Å². The van der Waals surface area contributed by atoms with Crippen LogP contribution in [0.3, 0.4) is 0 Å². The lowest BCUT2D eigenvalue weighted by atomic mass is 9.99. The first kappa shape index (κ1) is 37.5. The van der Waals surface area contributed by atoms with Crippen molar-refractivity contribution < 1.29 is 54.0 Å². The number of carbonyl (C=O) groups excluding carboxylic acids is 1. The van der Waals surface area contributed by atoms with Crippen LogP contribution in [-0.2, 0) is 16.6 Å². The summed E-state index contributed by atoms with van der Waals surface area (Å²) in [4.78, 5) is 26.6. The molecule has 0 radical (unpaired) electrons. The minimum Gasteiger partial charge on any atom is -0.502 e. The van der Waals surface area contributed by atoms with Crippen molar-refractivity contribution in [2.75, 3.05) is 32.8 Å². The number of aryl methyl sites for hydroxylation is 1. The Hall–Kier alpha value is -4.34. The number of hydrogen-bond acceptors (Lipinski definition) is 12. The Morgan fingerprint density at radius 1 is 0.959 bits per heavy atom. The molecule has 268 valence electrons. The maximum Gasteiger partial charge on any atom is 0.297 e. The molecule has 14 nitrogen and oxygen atoms in total. The molecule has 1 aliphatic heterocycles. The summed E-state index contributed by atoms with van der Waals surface area (Å²) in [6.45, 7) is 1.70. The molecule has 1 amide bonds. The molecule has 0 unspecified atom stereocenters. The Balaban J connectivity index is 1.64. The van der Waals surface area contributed by atoms with Crippen LogP contribution in [0.25, 0.3) is 17.0 Å². The zero-order chi connectivity index (χ0) is 35.7. The highest BCUT2D eigenvalue weighted by Gasteiger charge is 2.45. The van der Waals surface area contributed by atoms with Gasteiger partial charge in [-0.1, -0.05) is 39.0 Å². The van der Waals surface area contributed by atoms with Crippen molar-refractivity contribution in [3.05, 3.63) is 52.3 Å². The second-order valence-corrected chi connectivity index (χ2v) is 11.8. The molecular formula is C35H46N2O12. The highest BCUT2D eigenvalue weighted by Crippen LogP contribution is 2.38. The van der Waals surface area contributed by atoms with Crippen LogP contribution < -0.4 is 29.8 Å². The standard InChI is InChI=1S/C35H46N2O12/c1-5-6-7-8-9-10-15-47-33-32(49-35-31(43)30(42)29(41)26(19-38)48-35)22-13-12-21(18-23(22)37(2)34(33)44)36-27(39)14-11-20-16-24(45-3)28(40)25(17-20)46-4/h11-14,16-18,26,29-31,35,38,40-43H,5-10,15,19H2,1-4H3,(H,36,39)/b14-11+/t26-,29-,30+,31+,35+/m1/s1. The van der Waals surface area contributed by atoms with Crippen LogP contribution in [0, 0.1) is 0 Å². The molecular weight excluding hydrogens is 640 g/mol. The highest BCUT2D eigenvalue weighted by molar-refractivity contribution is 6.03. The number of pyridine rings is 1. The Labute approximate surface area is 284 Å². The number of aromatic nitrogens is 1. The van der Waals surface area contributed by atoms with Gasteiger partial charge in [0.1, 0.15) is 24.4 Å². The van der Waals surface area contributed by atoms with Gasteiger partial charge in [0, 0.05) is 24.2 Å². The number of hydrogen-bond donors (Lipinski definition) is 6. The minimum absolute atomic E-state index is 0.0681. The molecule has 1 aliphatic rings. The Kier molecular flexibility index (Phi) is 13.3. The number of phenols is 1. The third kappa shape index (κ3) is 8.83. The second-order valence-electron chi connectivity index (χ2n) is 11.8. The van der Waals surface area contributed by atoms with Crippen LogP contribution in [0.1, 0.15) is 51.0 Å². The van der Waals surface area contributed by atoms with E-state index in [1.54, 1.807) is 18.2 Å². The first-order valence-corrected chi connectivity index (χ1v) is 16.2. The number of aromatic hydroxyl groups is 1. The number of amides is 1. The second kappa shape index (κ2) is 17.4. The molecule has 49 heavy (non-hydrogen) atoms. The summed E-state index contributed by atoms with van der Waals surface area (Å²) in [7, 11) is 4.33. The predicted octanol–water partition coefficient (Wildman–Crippen LogP) is 2.83. The number of nitrogens with one attached hydrogen (secondary N) is 1. The first-order valence-electron chi connectivity index (χ1n) is 16.2. The van der Waals surface area contributed by atoms with Gasteiger partial charge in [0.2, 0.25) is 23.7 Å². The van der Waals surface area contributed by atoms with E-state index in [1.165, 1.54) is 50.1 Å². The minimum atomic E-state index is -1.72. The Morgan fingerprint density at radius 3 is 2.29 bits per heavy atom. The molecule has 2 aromatic carbocycles. The average molecular weight is 687 g/mol. The van der Waals surface area contributed by atoms with E-state index in [2.05, 4.69) is 12.2 Å². The van der Waals surface area contributed by atoms with E-state index >= 15 is 0 Å². The van der Waals surface area contributed by atoms with Crippen molar-refractivity contribution in [1.29, 1.82) is 0 Å². The van der Waals surface area contributed by atoms with Crippen molar-refractivity contribution in [3.63, 3.8) is 0 Å². The molecule has 0 bridgehead atoms. The van der Waals surface area contributed by atoms with Gasteiger partial charge in [-0.2, -0.15) is 0 Å². The third-order valence-corrected chi connectivity index (χ3v) is 8.33. The van der Waals surface area contributed by atoms with Crippen molar-refractivity contribution in [2.45, 2.75) is 76.2 Å². The van der Waals surface area contributed by atoms with E-state index in [4.69, 9.17) is 23.7 Å². The fourth-order valence-electron chi connectivity index (χ4n) is 5.51. The number of unbranched alkanes of at least 4 members (excludes halogenated alkanes) is 5. The van der Waals surface area contributed by atoms with Crippen molar-refractivity contribution in [3.8, 4) is 28.7 Å². The molecule has 0 saturated carbocycles. The predicted molar refractivity (Wildman–Crippen MR) is 181 cm³/mol. The molecule has 6 N–H and O–H groups in total. The van der Waals surface area contributed by atoms with Gasteiger partial charge in [-0.05, 0) is 48.4 Å². The molecule has 14 heteroatoms. The number of anilines is 1. The number of benzene rings is 2. The molecule has 5 atom stereocenters. The van der Waals surface area contributed by atoms with E-state index in [-0.39, 0.29) is 35.4 Å². The normalized spacial score (nSPS) is 20.8. The lowest BCUT2D eigenvalue weighted by molar-refractivity contribution is -0.277. The molecule has 1 aromatic heterocycles. The van der Waals surface area contributed by atoms with Gasteiger partial charge in [-0.15, -0.1) is 0 Å². The summed E-state index contributed by atoms with van der Waals surface area (Å²) >= 11 is 0. The van der Waals surface area contributed by atoms with Crippen LogP contribution in [0.15, 0.2) is 41.2 Å². The van der Waals surface area contributed by atoms with E-state index in [9.17, 15) is 35.1 Å². The van der Waals surface area contributed by atoms with Gasteiger partial charge in [0.05, 0.1) is 33.0 Å². The van der Waals surface area contributed by atoms with Crippen LogP contribution >= 0.6 is 0 Å². The van der Waals surface area contributed by atoms with Gasteiger partial charge < -0.3 is 59.1 Å². The molecule has 4 rings (SSSR count). The van der Waals surface area contributed by atoms with Crippen molar-refractivity contribution >= 4 is 28.6 Å². The first-order chi connectivity index (χ1) is 23.5. The van der Waals surface area contributed by atoms with Gasteiger partial charge in [0.25, 0.3) is 5.56 Å². The van der Waals surface area contributed by atoms with E-state index in [1.807, 2.05) is 0 Å².